The van der Waals surface area contributed by atoms with Crippen LogP contribution in [-0.4, -0.2) is 83.1 Å². The molecule has 0 saturated carbocycles. The number of anilines is 2. The largest absolute Gasteiger partial charge is 0.508 e. The number of benzene rings is 2. The van der Waals surface area contributed by atoms with Crippen LogP contribution in [0.4, 0.5) is 20.3 Å². The lowest BCUT2D eigenvalue weighted by Crippen LogP contribution is -2.43. The van der Waals surface area contributed by atoms with Gasteiger partial charge in [0, 0.05) is 43.4 Å². The zero-order valence-electron chi connectivity index (χ0n) is 24.2. The van der Waals surface area contributed by atoms with E-state index in [1.54, 1.807) is 17.0 Å². The number of aromatic hydroxyl groups is 1. The number of piperidine rings is 1. The molecule has 0 aliphatic carbocycles. The second kappa shape index (κ2) is 9.99. The maximum atomic E-state index is 15.0. The number of phenols is 1. The van der Waals surface area contributed by atoms with Crippen LogP contribution >= 0.6 is 0 Å². The second-order valence-corrected chi connectivity index (χ2v) is 12.8. The number of hydrogen-bond donors (Lipinski definition) is 1. The summed E-state index contributed by atoms with van der Waals surface area (Å²) in [6.07, 6.45) is 2.91. The molecule has 0 spiro atoms. The predicted molar refractivity (Wildman–Crippen MR) is 156 cm³/mol. The van der Waals surface area contributed by atoms with Crippen LogP contribution in [0, 0.1) is 11.7 Å². The van der Waals surface area contributed by atoms with E-state index in [-0.39, 0.29) is 48.3 Å². The summed E-state index contributed by atoms with van der Waals surface area (Å²) in [5.41, 5.74) is 1.48. The van der Waals surface area contributed by atoms with Crippen LogP contribution in [0.1, 0.15) is 54.2 Å². The molecule has 3 aromatic rings. The average Bonchev–Trinajstić information content (AvgIpc) is 3.72. The van der Waals surface area contributed by atoms with E-state index in [1.165, 1.54) is 12.1 Å². The van der Waals surface area contributed by atoms with Crippen molar-refractivity contribution < 1.29 is 28.2 Å². The summed E-state index contributed by atoms with van der Waals surface area (Å²) >= 11 is 0. The predicted octanol–water partition coefficient (Wildman–Crippen LogP) is 4.38. The number of carbonyl (C=O) groups is 1. The number of amides is 1. The fourth-order valence-corrected chi connectivity index (χ4v) is 8.17. The van der Waals surface area contributed by atoms with Crippen molar-refractivity contribution in [3.05, 3.63) is 46.9 Å². The topological polar surface area (TPSA) is 91.3 Å². The molecule has 2 aromatic carbocycles. The third-order valence-electron chi connectivity index (χ3n) is 10.1. The summed E-state index contributed by atoms with van der Waals surface area (Å²) in [5.74, 6) is 0.189. The van der Waals surface area contributed by atoms with Crippen molar-refractivity contribution in [2.24, 2.45) is 5.92 Å². The standard InChI is InChI=1S/C32H35F2N5O4/c1-2-23-24(34)5-4-19-9-21(40)10-26(27(19)23)39-15-25-28(30(39)41)29(37-12-18-8-22(14-37)42-16-18)36-31(35-25)43-17-32-6-3-7-38(32)13-20(33)11-32/h4-5,9-10,18,20,22,40H,2-3,6-8,11-17H2,1H3. The molecule has 2 bridgehead atoms. The molecular formula is C32H35F2N5O4. The van der Waals surface area contributed by atoms with Gasteiger partial charge in [0.1, 0.15) is 35.7 Å². The molecule has 0 radical (unpaired) electrons. The number of fused-ring (bicyclic) bond motifs is 5. The maximum Gasteiger partial charge on any atom is 0.318 e. The summed E-state index contributed by atoms with van der Waals surface area (Å²) in [6, 6.07) is 6.30. The Kier molecular flexibility index (Phi) is 6.27. The van der Waals surface area contributed by atoms with Gasteiger partial charge < -0.3 is 24.4 Å². The van der Waals surface area contributed by atoms with Crippen LogP contribution in [0.2, 0.25) is 0 Å². The smallest absolute Gasteiger partial charge is 0.318 e. The van der Waals surface area contributed by atoms with Gasteiger partial charge in [-0.05, 0) is 55.3 Å². The van der Waals surface area contributed by atoms with E-state index in [0.29, 0.717) is 84.1 Å². The van der Waals surface area contributed by atoms with Crippen molar-refractivity contribution in [3.63, 3.8) is 0 Å². The van der Waals surface area contributed by atoms with E-state index in [0.717, 1.165) is 25.8 Å². The van der Waals surface area contributed by atoms with E-state index in [2.05, 4.69) is 9.80 Å². The molecule has 1 amide bonds. The lowest BCUT2D eigenvalue weighted by atomic mass is 9.95. The highest BCUT2D eigenvalue weighted by Gasteiger charge is 2.49. The maximum absolute atomic E-state index is 15.0. The number of rotatable bonds is 6. The Balaban J connectivity index is 1.20. The van der Waals surface area contributed by atoms with Gasteiger partial charge in [-0.3, -0.25) is 9.69 Å². The molecule has 8 rings (SSSR count). The normalized spacial score (nSPS) is 28.3. The average molecular weight is 592 g/mol. The number of carbonyl (C=O) groups excluding carboxylic acids is 1. The van der Waals surface area contributed by atoms with Crippen molar-refractivity contribution in [1.82, 2.24) is 14.9 Å². The second-order valence-electron chi connectivity index (χ2n) is 12.8. The monoisotopic (exact) mass is 591 g/mol. The van der Waals surface area contributed by atoms with Crippen molar-refractivity contribution in [2.45, 2.75) is 63.4 Å². The van der Waals surface area contributed by atoms with E-state index in [1.807, 2.05) is 6.92 Å². The molecule has 1 N–H and O–H groups in total. The highest BCUT2D eigenvalue weighted by Crippen LogP contribution is 2.43. The van der Waals surface area contributed by atoms with Gasteiger partial charge in [0.15, 0.2) is 0 Å². The van der Waals surface area contributed by atoms with Crippen LogP contribution in [0.5, 0.6) is 11.8 Å². The van der Waals surface area contributed by atoms with Crippen molar-refractivity contribution in [1.29, 1.82) is 0 Å². The number of phenolic OH excluding ortho intramolecular Hbond substituents is 1. The molecule has 11 heteroatoms. The minimum absolute atomic E-state index is 0.0110. The van der Waals surface area contributed by atoms with Crippen molar-refractivity contribution in [3.8, 4) is 11.8 Å². The molecule has 1 aromatic heterocycles. The quantitative estimate of drug-likeness (QED) is 0.452. The van der Waals surface area contributed by atoms with Crippen LogP contribution in [0.25, 0.3) is 10.8 Å². The number of aromatic nitrogens is 2. The Labute approximate surface area is 248 Å². The summed E-state index contributed by atoms with van der Waals surface area (Å²) < 4.78 is 41.6. The molecule has 9 nitrogen and oxygen atoms in total. The summed E-state index contributed by atoms with van der Waals surface area (Å²) in [5, 5.41) is 11.9. The van der Waals surface area contributed by atoms with Crippen LogP contribution < -0.4 is 14.5 Å². The molecule has 43 heavy (non-hydrogen) atoms. The molecule has 4 unspecified atom stereocenters. The third-order valence-corrected chi connectivity index (χ3v) is 10.1. The van der Waals surface area contributed by atoms with Crippen molar-refractivity contribution in [2.75, 3.05) is 49.2 Å². The Morgan fingerprint density at radius 2 is 2.09 bits per heavy atom. The van der Waals surface area contributed by atoms with Crippen LogP contribution in [0.15, 0.2) is 24.3 Å². The highest BCUT2D eigenvalue weighted by molar-refractivity contribution is 6.16. The van der Waals surface area contributed by atoms with Gasteiger partial charge in [0.05, 0.1) is 36.2 Å². The third kappa shape index (κ3) is 4.34. The van der Waals surface area contributed by atoms with Gasteiger partial charge >= 0.3 is 6.01 Å². The van der Waals surface area contributed by atoms with Crippen LogP contribution in [-0.2, 0) is 17.7 Å². The summed E-state index contributed by atoms with van der Waals surface area (Å²) in [7, 11) is 0. The Bertz CT molecular complexity index is 1630. The Morgan fingerprint density at radius 1 is 1.21 bits per heavy atom. The molecule has 4 atom stereocenters. The van der Waals surface area contributed by atoms with E-state index < -0.39 is 6.17 Å². The van der Waals surface area contributed by atoms with Crippen molar-refractivity contribution >= 4 is 28.2 Å². The lowest BCUT2D eigenvalue weighted by Gasteiger charge is -2.33. The number of nitrogens with zero attached hydrogens (tertiary/aromatic N) is 5. The molecule has 4 fully saturated rings. The van der Waals surface area contributed by atoms with Gasteiger partial charge in [0.2, 0.25) is 0 Å². The van der Waals surface area contributed by atoms with Gasteiger partial charge in [-0.15, -0.1) is 0 Å². The van der Waals surface area contributed by atoms with Crippen LogP contribution in [0.3, 0.4) is 0 Å². The molecular weight excluding hydrogens is 556 g/mol. The first-order valence-electron chi connectivity index (χ1n) is 15.4. The highest BCUT2D eigenvalue weighted by atomic mass is 19.1. The van der Waals surface area contributed by atoms with Gasteiger partial charge in [-0.25, -0.2) is 8.78 Å². The Morgan fingerprint density at radius 3 is 2.93 bits per heavy atom. The van der Waals surface area contributed by atoms with E-state index in [4.69, 9.17) is 19.4 Å². The van der Waals surface area contributed by atoms with Gasteiger partial charge in [0.25, 0.3) is 5.91 Å². The number of aryl methyl sites for hydroxylation is 1. The zero-order valence-corrected chi connectivity index (χ0v) is 24.2. The summed E-state index contributed by atoms with van der Waals surface area (Å²) in [6.45, 7) is 5.56. The number of ether oxygens (including phenoxy) is 2. The van der Waals surface area contributed by atoms with Gasteiger partial charge in [-0.2, -0.15) is 9.97 Å². The molecule has 6 heterocycles. The fraction of sp³-hybridized carbons (Fsp3) is 0.531. The first kappa shape index (κ1) is 27.0. The molecule has 5 aliphatic heterocycles. The van der Waals surface area contributed by atoms with Gasteiger partial charge in [-0.1, -0.05) is 13.0 Å². The SMILES string of the molecule is CCc1c(F)ccc2cc(O)cc(N3Cc4nc(OCC56CCCN5CC(F)C6)nc(N5CC6COC(C6)C5)c4C3=O)c12. The fourth-order valence-electron chi connectivity index (χ4n) is 8.17. The number of hydrogen-bond acceptors (Lipinski definition) is 8. The minimum atomic E-state index is -0.870. The Hall–Kier alpha value is -3.57. The minimum Gasteiger partial charge on any atom is -0.508 e. The zero-order chi connectivity index (χ0) is 29.5. The number of halogens is 2. The number of alkyl halides is 1. The summed E-state index contributed by atoms with van der Waals surface area (Å²) in [4.78, 5) is 29.7. The molecule has 4 saturated heterocycles. The van der Waals surface area contributed by atoms with E-state index >= 15 is 0 Å². The van der Waals surface area contributed by atoms with E-state index in [9.17, 15) is 18.7 Å². The molecule has 226 valence electrons. The lowest BCUT2D eigenvalue weighted by molar-refractivity contribution is 0.0994. The first-order chi connectivity index (χ1) is 20.8. The molecule has 5 aliphatic rings. The first-order valence-corrected chi connectivity index (χ1v) is 15.4.